The lowest BCUT2D eigenvalue weighted by Crippen LogP contribution is -2.45. The molecule has 184 valence electrons. The van der Waals surface area contributed by atoms with Gasteiger partial charge in [-0.2, -0.15) is 0 Å². The summed E-state index contributed by atoms with van der Waals surface area (Å²) in [6.45, 7) is 2.28. The molecular formula is C27H38N4O3. The second kappa shape index (κ2) is 9.68. The Morgan fingerprint density at radius 1 is 1.18 bits per heavy atom. The molecule has 0 aromatic carbocycles. The summed E-state index contributed by atoms with van der Waals surface area (Å²) in [5.41, 5.74) is 1.05. The van der Waals surface area contributed by atoms with Gasteiger partial charge in [-0.15, -0.1) is 0 Å². The Bertz CT molecular complexity index is 1050. The van der Waals surface area contributed by atoms with Crippen molar-refractivity contribution < 1.29 is 14.7 Å². The number of rotatable bonds is 6. The molecule has 7 nitrogen and oxygen atoms in total. The number of amides is 2. The second-order valence-corrected chi connectivity index (χ2v) is 11.1. The molecule has 5 atom stereocenters. The van der Waals surface area contributed by atoms with Crippen molar-refractivity contribution in [2.75, 3.05) is 5.32 Å². The number of nitrogens with zero attached hydrogens (tertiary/aromatic N) is 2. The maximum atomic E-state index is 13.2. The fraction of sp³-hybridized carbons (Fsp3) is 0.667. The average Bonchev–Trinajstić information content (AvgIpc) is 3.25. The van der Waals surface area contributed by atoms with Crippen LogP contribution in [0.1, 0.15) is 94.5 Å². The standard InChI is InChI=1S/C27H38N4O3/c1-2-18-13-19-7-6-12-27(14-18,15-19)16-25(33)30-24-11-5-10-23-28-21(17-31(23)24)26(34)29-20-8-3-4-9-22(20)32/h5,10-11,17-20,22,32H,2-4,6-9,12-16H2,1H3,(H,29,34)(H,30,33)/t18?,19?,20-,22-,27?/m1/s1. The van der Waals surface area contributed by atoms with Crippen LogP contribution in [0.5, 0.6) is 0 Å². The zero-order chi connectivity index (χ0) is 23.7. The number of hydrogen-bond donors (Lipinski definition) is 3. The Hall–Kier alpha value is -2.41. The van der Waals surface area contributed by atoms with Gasteiger partial charge in [-0.25, -0.2) is 4.98 Å². The number of carbonyl (C=O) groups excluding carboxylic acids is 2. The van der Waals surface area contributed by atoms with Crippen LogP contribution < -0.4 is 10.6 Å². The molecule has 3 aliphatic rings. The number of imidazole rings is 1. The van der Waals surface area contributed by atoms with E-state index in [1.165, 1.54) is 38.5 Å². The third-order valence-corrected chi connectivity index (χ3v) is 8.58. The lowest BCUT2D eigenvalue weighted by atomic mass is 9.57. The Morgan fingerprint density at radius 3 is 2.85 bits per heavy atom. The summed E-state index contributed by atoms with van der Waals surface area (Å²) < 4.78 is 1.78. The van der Waals surface area contributed by atoms with Crippen molar-refractivity contribution in [2.45, 2.75) is 96.1 Å². The number of pyridine rings is 1. The summed E-state index contributed by atoms with van der Waals surface area (Å²) in [5, 5.41) is 16.2. The van der Waals surface area contributed by atoms with Crippen molar-refractivity contribution >= 4 is 23.3 Å². The Balaban J connectivity index is 1.29. The van der Waals surface area contributed by atoms with Crippen molar-refractivity contribution in [3.05, 3.63) is 30.1 Å². The van der Waals surface area contributed by atoms with Crippen LogP contribution in [0.25, 0.3) is 5.65 Å². The minimum atomic E-state index is -0.504. The largest absolute Gasteiger partial charge is 0.391 e. The molecular weight excluding hydrogens is 428 g/mol. The first kappa shape index (κ1) is 23.3. The molecule has 3 aliphatic carbocycles. The molecule has 34 heavy (non-hydrogen) atoms. The van der Waals surface area contributed by atoms with Crippen LogP contribution in [0, 0.1) is 17.3 Å². The molecule has 3 unspecified atom stereocenters. The van der Waals surface area contributed by atoms with Crippen LogP contribution in [0.15, 0.2) is 24.4 Å². The van der Waals surface area contributed by atoms with E-state index in [1.54, 1.807) is 10.6 Å². The number of aliphatic hydroxyl groups is 1. The predicted molar refractivity (Wildman–Crippen MR) is 132 cm³/mol. The summed E-state index contributed by atoms with van der Waals surface area (Å²) in [7, 11) is 0. The SMILES string of the molecule is CCC1CC2CCCC(CC(=O)Nc3cccc4nc(C(=O)N[C@@H]5CCCC[C@H]5O)cn34)(C1)C2. The van der Waals surface area contributed by atoms with E-state index in [0.717, 1.165) is 37.5 Å². The molecule has 7 heteroatoms. The molecule has 3 N–H and O–H groups in total. The highest BCUT2D eigenvalue weighted by Crippen LogP contribution is 2.53. The molecule has 0 aliphatic heterocycles. The van der Waals surface area contributed by atoms with Crippen LogP contribution in [-0.4, -0.2) is 38.5 Å². The fourth-order valence-corrected chi connectivity index (χ4v) is 6.95. The molecule has 2 amide bonds. The van der Waals surface area contributed by atoms with Gasteiger partial charge < -0.3 is 15.7 Å². The summed E-state index contributed by atoms with van der Waals surface area (Å²) in [6, 6.07) is 5.31. The first-order valence-electron chi connectivity index (χ1n) is 13.2. The van der Waals surface area contributed by atoms with Gasteiger partial charge >= 0.3 is 0 Å². The van der Waals surface area contributed by atoms with Crippen molar-refractivity contribution in [1.82, 2.24) is 14.7 Å². The zero-order valence-corrected chi connectivity index (χ0v) is 20.3. The van der Waals surface area contributed by atoms with E-state index in [4.69, 9.17) is 0 Å². The molecule has 2 bridgehead atoms. The number of nitrogens with one attached hydrogen (secondary N) is 2. The molecule has 5 rings (SSSR count). The summed E-state index contributed by atoms with van der Waals surface area (Å²) >= 11 is 0. The summed E-state index contributed by atoms with van der Waals surface area (Å²) in [4.78, 5) is 30.5. The minimum absolute atomic E-state index is 0.0509. The number of aliphatic hydroxyl groups excluding tert-OH is 1. The predicted octanol–water partition coefficient (Wildman–Crippen LogP) is 4.69. The third kappa shape index (κ3) is 4.85. The van der Waals surface area contributed by atoms with Gasteiger partial charge in [0.05, 0.1) is 12.1 Å². The lowest BCUT2D eigenvalue weighted by Gasteiger charge is -2.48. The molecule has 3 fully saturated rings. The van der Waals surface area contributed by atoms with E-state index >= 15 is 0 Å². The Morgan fingerprint density at radius 2 is 2.03 bits per heavy atom. The molecule has 0 saturated heterocycles. The van der Waals surface area contributed by atoms with Crippen molar-refractivity contribution in [3.8, 4) is 0 Å². The van der Waals surface area contributed by atoms with Gasteiger partial charge in [-0.05, 0) is 67.9 Å². The smallest absolute Gasteiger partial charge is 0.271 e. The Kier molecular flexibility index (Phi) is 6.65. The van der Waals surface area contributed by atoms with Crippen LogP contribution in [0.4, 0.5) is 5.82 Å². The zero-order valence-electron chi connectivity index (χ0n) is 20.3. The van der Waals surface area contributed by atoms with Crippen molar-refractivity contribution in [3.63, 3.8) is 0 Å². The quantitative estimate of drug-likeness (QED) is 0.575. The van der Waals surface area contributed by atoms with Crippen LogP contribution >= 0.6 is 0 Å². The number of fused-ring (bicyclic) bond motifs is 3. The van der Waals surface area contributed by atoms with Crippen molar-refractivity contribution in [2.24, 2.45) is 17.3 Å². The van der Waals surface area contributed by atoms with E-state index in [9.17, 15) is 14.7 Å². The molecule has 0 radical (unpaired) electrons. The highest BCUT2D eigenvalue weighted by molar-refractivity contribution is 5.94. The van der Waals surface area contributed by atoms with E-state index < -0.39 is 6.10 Å². The fourth-order valence-electron chi connectivity index (χ4n) is 6.95. The van der Waals surface area contributed by atoms with Gasteiger partial charge in [0.25, 0.3) is 5.91 Å². The molecule has 3 saturated carbocycles. The average molecular weight is 467 g/mol. The van der Waals surface area contributed by atoms with Gasteiger partial charge in [0, 0.05) is 12.6 Å². The van der Waals surface area contributed by atoms with Gasteiger partial charge in [-0.3, -0.25) is 14.0 Å². The van der Waals surface area contributed by atoms with Crippen LogP contribution in [-0.2, 0) is 4.79 Å². The molecule has 0 spiro atoms. The number of carbonyl (C=O) groups is 2. The molecule has 2 aromatic heterocycles. The summed E-state index contributed by atoms with van der Waals surface area (Å²) in [5.74, 6) is 1.92. The van der Waals surface area contributed by atoms with E-state index in [-0.39, 0.29) is 23.3 Å². The molecule has 2 heterocycles. The maximum absolute atomic E-state index is 13.2. The highest BCUT2D eigenvalue weighted by Gasteiger charge is 2.43. The maximum Gasteiger partial charge on any atom is 0.271 e. The van der Waals surface area contributed by atoms with Gasteiger partial charge in [-0.1, -0.05) is 45.1 Å². The second-order valence-electron chi connectivity index (χ2n) is 11.1. The van der Waals surface area contributed by atoms with Gasteiger partial charge in [0.15, 0.2) is 0 Å². The van der Waals surface area contributed by atoms with E-state index in [0.29, 0.717) is 30.0 Å². The van der Waals surface area contributed by atoms with Crippen molar-refractivity contribution in [1.29, 1.82) is 0 Å². The number of aromatic nitrogens is 2. The summed E-state index contributed by atoms with van der Waals surface area (Å²) in [6.07, 6.45) is 13.8. The number of anilines is 1. The lowest BCUT2D eigenvalue weighted by molar-refractivity contribution is -0.120. The van der Waals surface area contributed by atoms with Crippen LogP contribution in [0.2, 0.25) is 0 Å². The Labute approximate surface area is 201 Å². The minimum Gasteiger partial charge on any atom is -0.391 e. The van der Waals surface area contributed by atoms with Crippen LogP contribution in [0.3, 0.4) is 0 Å². The highest BCUT2D eigenvalue weighted by atomic mass is 16.3. The van der Waals surface area contributed by atoms with Gasteiger partial charge in [0.1, 0.15) is 17.2 Å². The number of hydrogen-bond acceptors (Lipinski definition) is 4. The monoisotopic (exact) mass is 466 g/mol. The van der Waals surface area contributed by atoms with Gasteiger partial charge in [0.2, 0.25) is 5.91 Å². The topological polar surface area (TPSA) is 95.7 Å². The first-order chi connectivity index (χ1) is 16.4. The van der Waals surface area contributed by atoms with E-state index in [2.05, 4.69) is 22.5 Å². The molecule has 2 aromatic rings. The third-order valence-electron chi connectivity index (χ3n) is 8.58. The first-order valence-corrected chi connectivity index (χ1v) is 13.2. The van der Waals surface area contributed by atoms with E-state index in [1.807, 2.05) is 18.2 Å². The normalized spacial score (nSPS) is 31.2.